The SMILES string of the molecule is C=CCCCn1cc(Br)cn1. The van der Waals surface area contributed by atoms with Crippen molar-refractivity contribution >= 4 is 15.9 Å². The zero-order valence-electron chi connectivity index (χ0n) is 6.33. The zero-order valence-corrected chi connectivity index (χ0v) is 7.92. The minimum atomic E-state index is 0.970. The van der Waals surface area contributed by atoms with Crippen molar-refractivity contribution in [3.63, 3.8) is 0 Å². The zero-order chi connectivity index (χ0) is 8.10. The molecule has 0 aromatic carbocycles. The van der Waals surface area contributed by atoms with Crippen LogP contribution in [0.25, 0.3) is 0 Å². The maximum absolute atomic E-state index is 4.12. The number of unbranched alkanes of at least 4 members (excludes halogenated alkanes) is 1. The second-order valence-corrected chi connectivity index (χ2v) is 3.27. The lowest BCUT2D eigenvalue weighted by Gasteiger charge is -1.96. The molecule has 0 aliphatic heterocycles. The van der Waals surface area contributed by atoms with Gasteiger partial charge in [-0.2, -0.15) is 5.10 Å². The average Bonchev–Trinajstić information content (AvgIpc) is 2.37. The quantitative estimate of drug-likeness (QED) is 0.557. The van der Waals surface area contributed by atoms with Crippen LogP contribution in [0.1, 0.15) is 12.8 Å². The molecule has 0 saturated carbocycles. The van der Waals surface area contributed by atoms with E-state index in [1.807, 2.05) is 17.0 Å². The molecule has 0 aliphatic rings. The minimum Gasteiger partial charge on any atom is -0.272 e. The summed E-state index contributed by atoms with van der Waals surface area (Å²) >= 11 is 3.34. The molecule has 0 spiro atoms. The third-order valence-corrected chi connectivity index (χ3v) is 1.81. The summed E-state index contributed by atoms with van der Waals surface area (Å²) in [5.41, 5.74) is 0. The van der Waals surface area contributed by atoms with Crippen molar-refractivity contribution in [2.45, 2.75) is 19.4 Å². The molecule has 0 atom stereocenters. The molecule has 1 rings (SSSR count). The molecule has 1 aromatic rings. The van der Waals surface area contributed by atoms with E-state index in [2.05, 4.69) is 27.6 Å². The van der Waals surface area contributed by atoms with Gasteiger partial charge in [0.1, 0.15) is 0 Å². The Morgan fingerprint density at radius 2 is 2.55 bits per heavy atom. The van der Waals surface area contributed by atoms with Crippen molar-refractivity contribution in [1.29, 1.82) is 0 Å². The monoisotopic (exact) mass is 214 g/mol. The number of halogens is 1. The van der Waals surface area contributed by atoms with Crippen molar-refractivity contribution in [2.24, 2.45) is 0 Å². The summed E-state index contributed by atoms with van der Waals surface area (Å²) in [6.45, 7) is 4.63. The highest BCUT2D eigenvalue weighted by Gasteiger charge is 1.92. The summed E-state index contributed by atoms with van der Waals surface area (Å²) in [5.74, 6) is 0. The molecule has 2 nitrogen and oxygen atoms in total. The summed E-state index contributed by atoms with van der Waals surface area (Å²) < 4.78 is 2.96. The highest BCUT2D eigenvalue weighted by molar-refractivity contribution is 9.10. The van der Waals surface area contributed by atoms with E-state index in [4.69, 9.17) is 0 Å². The van der Waals surface area contributed by atoms with Crippen molar-refractivity contribution in [1.82, 2.24) is 9.78 Å². The van der Waals surface area contributed by atoms with Crippen LogP contribution < -0.4 is 0 Å². The number of hydrogen-bond acceptors (Lipinski definition) is 1. The molecule has 0 fully saturated rings. The first-order valence-corrected chi connectivity index (χ1v) is 4.41. The van der Waals surface area contributed by atoms with Crippen LogP contribution in [-0.2, 0) is 6.54 Å². The van der Waals surface area contributed by atoms with Gasteiger partial charge in [0.15, 0.2) is 0 Å². The van der Waals surface area contributed by atoms with Crippen LogP contribution in [0, 0.1) is 0 Å². The van der Waals surface area contributed by atoms with Crippen LogP contribution in [0.15, 0.2) is 29.5 Å². The number of hydrogen-bond donors (Lipinski definition) is 0. The first-order chi connectivity index (χ1) is 5.33. The number of nitrogens with zero attached hydrogens (tertiary/aromatic N) is 2. The van der Waals surface area contributed by atoms with Gasteiger partial charge < -0.3 is 0 Å². The Morgan fingerprint density at radius 3 is 3.09 bits per heavy atom. The van der Waals surface area contributed by atoms with E-state index in [1.165, 1.54) is 0 Å². The van der Waals surface area contributed by atoms with E-state index in [1.54, 1.807) is 6.20 Å². The fourth-order valence-electron chi connectivity index (χ4n) is 0.858. The fourth-order valence-corrected chi connectivity index (χ4v) is 1.19. The lowest BCUT2D eigenvalue weighted by molar-refractivity contribution is 0.583. The third-order valence-electron chi connectivity index (χ3n) is 1.40. The Hall–Kier alpha value is -0.570. The van der Waals surface area contributed by atoms with Gasteiger partial charge in [-0.25, -0.2) is 0 Å². The van der Waals surface area contributed by atoms with Gasteiger partial charge in [0.05, 0.1) is 10.7 Å². The largest absolute Gasteiger partial charge is 0.272 e. The smallest absolute Gasteiger partial charge is 0.0632 e. The van der Waals surface area contributed by atoms with Gasteiger partial charge >= 0.3 is 0 Å². The molecular formula is C8H11BrN2. The first-order valence-electron chi connectivity index (χ1n) is 3.62. The predicted molar refractivity (Wildman–Crippen MR) is 49.4 cm³/mol. The predicted octanol–water partition coefficient (Wildman–Crippen LogP) is 2.61. The second kappa shape index (κ2) is 4.34. The van der Waals surface area contributed by atoms with E-state index in [9.17, 15) is 0 Å². The number of aromatic nitrogens is 2. The summed E-state index contributed by atoms with van der Waals surface area (Å²) in [6, 6.07) is 0. The Kier molecular flexibility index (Phi) is 3.36. The number of rotatable bonds is 4. The Labute approximate surface area is 75.0 Å². The molecule has 11 heavy (non-hydrogen) atoms. The van der Waals surface area contributed by atoms with E-state index >= 15 is 0 Å². The lowest BCUT2D eigenvalue weighted by Crippen LogP contribution is -1.96. The van der Waals surface area contributed by atoms with Crippen molar-refractivity contribution in [2.75, 3.05) is 0 Å². The van der Waals surface area contributed by atoms with Gasteiger partial charge in [-0.05, 0) is 28.8 Å². The molecular weight excluding hydrogens is 204 g/mol. The van der Waals surface area contributed by atoms with Gasteiger partial charge in [-0.15, -0.1) is 6.58 Å². The summed E-state index contributed by atoms with van der Waals surface area (Å²) in [4.78, 5) is 0. The molecule has 0 saturated heterocycles. The maximum atomic E-state index is 4.12. The highest BCUT2D eigenvalue weighted by Crippen LogP contribution is 2.06. The molecule has 60 valence electrons. The van der Waals surface area contributed by atoms with Crippen molar-refractivity contribution in [3.05, 3.63) is 29.5 Å². The van der Waals surface area contributed by atoms with Crippen LogP contribution in [-0.4, -0.2) is 9.78 Å². The summed E-state index contributed by atoms with van der Waals surface area (Å²) in [5, 5.41) is 4.12. The molecule has 1 aromatic heterocycles. The lowest BCUT2D eigenvalue weighted by atomic mass is 10.3. The molecule has 0 N–H and O–H groups in total. The molecule has 0 bridgehead atoms. The molecule has 0 aliphatic carbocycles. The van der Waals surface area contributed by atoms with E-state index in [0.29, 0.717) is 0 Å². The normalized spacial score (nSPS) is 9.91. The average molecular weight is 215 g/mol. The van der Waals surface area contributed by atoms with Crippen LogP contribution in [0.4, 0.5) is 0 Å². The second-order valence-electron chi connectivity index (χ2n) is 2.35. The van der Waals surface area contributed by atoms with E-state index in [-0.39, 0.29) is 0 Å². The van der Waals surface area contributed by atoms with Crippen LogP contribution >= 0.6 is 15.9 Å². The Morgan fingerprint density at radius 1 is 1.73 bits per heavy atom. The highest BCUT2D eigenvalue weighted by atomic mass is 79.9. The molecule has 0 amide bonds. The van der Waals surface area contributed by atoms with Gasteiger partial charge in [0.2, 0.25) is 0 Å². The van der Waals surface area contributed by atoms with Gasteiger partial charge in [-0.1, -0.05) is 6.08 Å². The summed E-state index contributed by atoms with van der Waals surface area (Å²) in [7, 11) is 0. The Bertz CT molecular complexity index is 230. The van der Waals surface area contributed by atoms with Gasteiger partial charge in [0, 0.05) is 12.7 Å². The topological polar surface area (TPSA) is 17.8 Å². The molecule has 3 heteroatoms. The maximum Gasteiger partial charge on any atom is 0.0632 e. The standard InChI is InChI=1S/C8H11BrN2/c1-2-3-4-5-11-7-8(9)6-10-11/h2,6-7H,1,3-5H2. The van der Waals surface area contributed by atoms with Crippen molar-refractivity contribution in [3.8, 4) is 0 Å². The number of allylic oxidation sites excluding steroid dienone is 1. The molecule has 1 heterocycles. The van der Waals surface area contributed by atoms with Gasteiger partial charge in [0.25, 0.3) is 0 Å². The van der Waals surface area contributed by atoms with Gasteiger partial charge in [-0.3, -0.25) is 4.68 Å². The molecule has 0 radical (unpaired) electrons. The first kappa shape index (κ1) is 8.53. The van der Waals surface area contributed by atoms with Crippen LogP contribution in [0.2, 0.25) is 0 Å². The van der Waals surface area contributed by atoms with Crippen molar-refractivity contribution < 1.29 is 0 Å². The van der Waals surface area contributed by atoms with E-state index < -0.39 is 0 Å². The minimum absolute atomic E-state index is 0.970. The number of aryl methyl sites for hydroxylation is 1. The van der Waals surface area contributed by atoms with E-state index in [0.717, 1.165) is 23.9 Å². The Balaban J connectivity index is 2.32. The fraction of sp³-hybridized carbons (Fsp3) is 0.375. The summed E-state index contributed by atoms with van der Waals surface area (Å²) in [6.07, 6.45) is 7.87. The van der Waals surface area contributed by atoms with Crippen LogP contribution in [0.5, 0.6) is 0 Å². The third kappa shape index (κ3) is 2.89. The van der Waals surface area contributed by atoms with Crippen LogP contribution in [0.3, 0.4) is 0 Å². The molecule has 0 unspecified atom stereocenters.